The maximum atomic E-state index is 11.9. The average molecular weight is 300 g/mol. The van der Waals surface area contributed by atoms with E-state index in [1.807, 2.05) is 38.1 Å². The fourth-order valence-electron chi connectivity index (χ4n) is 2.25. The van der Waals surface area contributed by atoms with Crippen LogP contribution in [0.2, 0.25) is 0 Å². The smallest absolute Gasteiger partial charge is 0.286 e. The van der Waals surface area contributed by atoms with E-state index in [4.69, 9.17) is 4.42 Å². The van der Waals surface area contributed by atoms with Crippen LogP contribution in [0.3, 0.4) is 0 Å². The average Bonchev–Trinajstić information content (AvgIpc) is 3.01. The molecule has 22 heavy (non-hydrogen) atoms. The number of carbonyl (C=O) groups excluding carboxylic acids is 2. The Bertz CT molecular complexity index is 635. The van der Waals surface area contributed by atoms with Crippen molar-refractivity contribution in [3.8, 4) is 0 Å². The molecule has 5 nitrogen and oxygen atoms in total. The van der Waals surface area contributed by atoms with E-state index in [1.165, 1.54) is 6.26 Å². The Morgan fingerprint density at radius 1 is 1.18 bits per heavy atom. The Morgan fingerprint density at radius 2 is 1.95 bits per heavy atom. The summed E-state index contributed by atoms with van der Waals surface area (Å²) in [4.78, 5) is 23.6. The molecule has 2 amide bonds. The molecule has 5 heteroatoms. The van der Waals surface area contributed by atoms with Crippen molar-refractivity contribution >= 4 is 11.8 Å². The number of amides is 2. The molecule has 1 aromatic heterocycles. The number of nitrogens with one attached hydrogen (secondary N) is 2. The summed E-state index contributed by atoms with van der Waals surface area (Å²) in [5.41, 5.74) is 2.23. The van der Waals surface area contributed by atoms with Crippen LogP contribution in [-0.4, -0.2) is 18.4 Å². The number of furan rings is 1. The van der Waals surface area contributed by atoms with Crippen molar-refractivity contribution in [3.63, 3.8) is 0 Å². The minimum Gasteiger partial charge on any atom is -0.459 e. The number of aryl methyl sites for hydroxylation is 1. The number of hydrogen-bond donors (Lipinski definition) is 2. The van der Waals surface area contributed by atoms with E-state index in [-0.39, 0.29) is 36.6 Å². The summed E-state index contributed by atoms with van der Waals surface area (Å²) < 4.78 is 4.98. The summed E-state index contributed by atoms with van der Waals surface area (Å²) in [5, 5.41) is 5.58. The molecule has 0 aliphatic heterocycles. The monoisotopic (exact) mass is 300 g/mol. The van der Waals surface area contributed by atoms with Gasteiger partial charge in [-0.25, -0.2) is 0 Å². The van der Waals surface area contributed by atoms with E-state index in [0.717, 1.165) is 11.1 Å². The molecule has 116 valence electrons. The van der Waals surface area contributed by atoms with E-state index in [9.17, 15) is 9.59 Å². The van der Waals surface area contributed by atoms with Gasteiger partial charge >= 0.3 is 0 Å². The molecule has 0 aliphatic carbocycles. The normalized spacial score (nSPS) is 11.7. The fraction of sp³-hybridized carbons (Fsp3) is 0.294. The lowest BCUT2D eigenvalue weighted by atomic mass is 10.0. The predicted molar refractivity (Wildman–Crippen MR) is 83.4 cm³/mol. The van der Waals surface area contributed by atoms with Gasteiger partial charge in [-0.15, -0.1) is 0 Å². The minimum absolute atomic E-state index is 0.0607. The van der Waals surface area contributed by atoms with Crippen molar-refractivity contribution in [1.29, 1.82) is 0 Å². The first-order valence-corrected chi connectivity index (χ1v) is 7.24. The van der Waals surface area contributed by atoms with E-state index >= 15 is 0 Å². The molecule has 0 fully saturated rings. The van der Waals surface area contributed by atoms with E-state index < -0.39 is 0 Å². The molecule has 0 bridgehead atoms. The first-order valence-electron chi connectivity index (χ1n) is 7.24. The summed E-state index contributed by atoms with van der Waals surface area (Å²) in [6.45, 7) is 4.23. The van der Waals surface area contributed by atoms with Crippen LogP contribution in [0.15, 0.2) is 47.1 Å². The van der Waals surface area contributed by atoms with Crippen LogP contribution in [0, 0.1) is 6.92 Å². The molecule has 1 unspecified atom stereocenters. The molecule has 0 saturated carbocycles. The Hall–Kier alpha value is -2.56. The van der Waals surface area contributed by atoms with Gasteiger partial charge in [-0.1, -0.05) is 24.3 Å². The third-order valence-electron chi connectivity index (χ3n) is 3.42. The summed E-state index contributed by atoms with van der Waals surface area (Å²) in [6.07, 6.45) is 1.66. The van der Waals surface area contributed by atoms with E-state index in [2.05, 4.69) is 10.6 Å². The van der Waals surface area contributed by atoms with Crippen LogP contribution >= 0.6 is 0 Å². The van der Waals surface area contributed by atoms with Gasteiger partial charge in [0.25, 0.3) is 5.91 Å². The van der Waals surface area contributed by atoms with Gasteiger partial charge in [0.2, 0.25) is 5.91 Å². The standard InChI is InChI=1S/C17H20N2O3/c1-12-6-3-4-7-14(12)13(2)19-16(20)9-10-18-17(21)15-8-5-11-22-15/h3-8,11,13H,9-10H2,1-2H3,(H,18,21)(H,19,20). The number of carbonyl (C=O) groups is 2. The Morgan fingerprint density at radius 3 is 2.64 bits per heavy atom. The molecule has 2 N–H and O–H groups in total. The van der Waals surface area contributed by atoms with E-state index in [0.29, 0.717) is 0 Å². The molecule has 1 atom stereocenters. The van der Waals surface area contributed by atoms with Crippen molar-refractivity contribution < 1.29 is 14.0 Å². The minimum atomic E-state index is -0.315. The van der Waals surface area contributed by atoms with Crippen LogP contribution in [0.25, 0.3) is 0 Å². The van der Waals surface area contributed by atoms with Gasteiger partial charge in [0.1, 0.15) is 0 Å². The summed E-state index contributed by atoms with van der Waals surface area (Å²) in [7, 11) is 0. The van der Waals surface area contributed by atoms with Crippen LogP contribution in [0.5, 0.6) is 0 Å². The van der Waals surface area contributed by atoms with Gasteiger partial charge in [0, 0.05) is 13.0 Å². The second-order valence-corrected chi connectivity index (χ2v) is 5.13. The summed E-state index contributed by atoms with van der Waals surface area (Å²) in [6, 6.07) is 11.1. The predicted octanol–water partition coefficient (Wildman–Crippen LogP) is 2.59. The zero-order valence-corrected chi connectivity index (χ0v) is 12.8. The Kier molecular flexibility index (Phi) is 5.36. The highest BCUT2D eigenvalue weighted by Crippen LogP contribution is 2.16. The Labute approximate surface area is 129 Å². The van der Waals surface area contributed by atoms with Crippen LogP contribution in [0.4, 0.5) is 0 Å². The lowest BCUT2D eigenvalue weighted by Gasteiger charge is -2.16. The van der Waals surface area contributed by atoms with Crippen molar-refractivity contribution in [2.45, 2.75) is 26.3 Å². The highest BCUT2D eigenvalue weighted by Gasteiger charge is 2.12. The molecule has 0 aliphatic rings. The number of rotatable bonds is 6. The van der Waals surface area contributed by atoms with Crippen molar-refractivity contribution in [3.05, 3.63) is 59.5 Å². The van der Waals surface area contributed by atoms with Crippen molar-refractivity contribution in [2.75, 3.05) is 6.54 Å². The van der Waals surface area contributed by atoms with Crippen molar-refractivity contribution in [1.82, 2.24) is 10.6 Å². The third-order valence-corrected chi connectivity index (χ3v) is 3.42. The van der Waals surface area contributed by atoms with Gasteiger partial charge in [-0.05, 0) is 37.1 Å². The maximum absolute atomic E-state index is 11.9. The highest BCUT2D eigenvalue weighted by molar-refractivity contribution is 5.91. The first-order chi connectivity index (χ1) is 10.6. The topological polar surface area (TPSA) is 71.3 Å². The zero-order chi connectivity index (χ0) is 15.9. The quantitative estimate of drug-likeness (QED) is 0.861. The van der Waals surface area contributed by atoms with Crippen LogP contribution in [0.1, 0.15) is 41.1 Å². The van der Waals surface area contributed by atoms with Gasteiger partial charge < -0.3 is 15.1 Å². The molecule has 0 saturated heterocycles. The molecule has 1 aromatic carbocycles. The molecule has 0 radical (unpaired) electrons. The number of hydrogen-bond acceptors (Lipinski definition) is 3. The van der Waals surface area contributed by atoms with Gasteiger partial charge in [0.05, 0.1) is 12.3 Å². The van der Waals surface area contributed by atoms with E-state index in [1.54, 1.807) is 12.1 Å². The van der Waals surface area contributed by atoms with Crippen LogP contribution < -0.4 is 10.6 Å². The molecule has 0 spiro atoms. The second-order valence-electron chi connectivity index (χ2n) is 5.13. The molecule has 1 heterocycles. The SMILES string of the molecule is Cc1ccccc1C(C)NC(=O)CCNC(=O)c1ccco1. The lowest BCUT2D eigenvalue weighted by molar-refractivity contribution is -0.121. The number of benzene rings is 1. The molecular weight excluding hydrogens is 280 g/mol. The largest absolute Gasteiger partial charge is 0.459 e. The third kappa shape index (κ3) is 4.22. The first kappa shape index (κ1) is 15.8. The van der Waals surface area contributed by atoms with Gasteiger partial charge in [-0.3, -0.25) is 9.59 Å². The maximum Gasteiger partial charge on any atom is 0.286 e. The van der Waals surface area contributed by atoms with Crippen LogP contribution in [-0.2, 0) is 4.79 Å². The summed E-state index contributed by atoms with van der Waals surface area (Å²) in [5.74, 6) is -0.172. The Balaban J connectivity index is 1.76. The second kappa shape index (κ2) is 7.45. The molecule has 2 rings (SSSR count). The van der Waals surface area contributed by atoms with Gasteiger partial charge in [-0.2, -0.15) is 0 Å². The fourth-order valence-corrected chi connectivity index (χ4v) is 2.25. The lowest BCUT2D eigenvalue weighted by Crippen LogP contribution is -2.32. The highest BCUT2D eigenvalue weighted by atomic mass is 16.3. The van der Waals surface area contributed by atoms with Crippen molar-refractivity contribution in [2.24, 2.45) is 0 Å². The summed E-state index contributed by atoms with van der Waals surface area (Å²) >= 11 is 0. The molecule has 2 aromatic rings. The van der Waals surface area contributed by atoms with Gasteiger partial charge in [0.15, 0.2) is 5.76 Å². The molecular formula is C17H20N2O3. The zero-order valence-electron chi connectivity index (χ0n) is 12.8.